The SMILES string of the molecule is N#Cc1ccc(Br)cc1N=C(N)CCl. The van der Waals surface area contributed by atoms with Crippen LogP contribution >= 0.6 is 27.5 Å². The summed E-state index contributed by atoms with van der Waals surface area (Å²) in [6, 6.07) is 7.19. The minimum absolute atomic E-state index is 0.150. The summed E-state index contributed by atoms with van der Waals surface area (Å²) in [5.41, 5.74) is 6.47. The standard InChI is InChI=1S/C9H7BrClN3/c10-7-2-1-6(5-12)8(3-7)14-9(13)4-11/h1-3H,4H2,(H2,13,14). The molecule has 2 N–H and O–H groups in total. The molecule has 0 radical (unpaired) electrons. The molecule has 0 unspecified atom stereocenters. The topological polar surface area (TPSA) is 62.2 Å². The lowest BCUT2D eigenvalue weighted by Gasteiger charge is -1.99. The number of hydrogen-bond donors (Lipinski definition) is 1. The molecule has 0 saturated carbocycles. The fourth-order valence-corrected chi connectivity index (χ4v) is 1.29. The average Bonchev–Trinajstić information content (AvgIpc) is 2.18. The van der Waals surface area contributed by atoms with Gasteiger partial charge in [0.1, 0.15) is 11.9 Å². The van der Waals surface area contributed by atoms with Crippen LogP contribution in [-0.2, 0) is 0 Å². The molecule has 0 amide bonds. The van der Waals surface area contributed by atoms with Crippen molar-refractivity contribution in [2.75, 3.05) is 5.88 Å². The van der Waals surface area contributed by atoms with Crippen LogP contribution in [0.4, 0.5) is 5.69 Å². The van der Waals surface area contributed by atoms with Gasteiger partial charge in [-0.15, -0.1) is 11.6 Å². The Morgan fingerprint density at radius 1 is 1.64 bits per heavy atom. The molecule has 0 aromatic heterocycles. The maximum absolute atomic E-state index is 8.79. The molecule has 14 heavy (non-hydrogen) atoms. The first kappa shape index (κ1) is 11.0. The monoisotopic (exact) mass is 271 g/mol. The molecule has 1 aromatic rings. The van der Waals surface area contributed by atoms with E-state index in [2.05, 4.69) is 20.9 Å². The van der Waals surface area contributed by atoms with Gasteiger partial charge in [0, 0.05) is 4.47 Å². The van der Waals surface area contributed by atoms with Crippen molar-refractivity contribution in [1.82, 2.24) is 0 Å². The summed E-state index contributed by atoms with van der Waals surface area (Å²) >= 11 is 8.77. The van der Waals surface area contributed by atoms with Crippen molar-refractivity contribution in [3.05, 3.63) is 28.2 Å². The molecule has 0 atom stereocenters. The van der Waals surface area contributed by atoms with Crippen LogP contribution in [0.2, 0.25) is 0 Å². The molecular formula is C9H7BrClN3. The number of aliphatic imine (C=N–C) groups is 1. The highest BCUT2D eigenvalue weighted by molar-refractivity contribution is 9.10. The van der Waals surface area contributed by atoms with Crippen LogP contribution in [0.5, 0.6) is 0 Å². The van der Waals surface area contributed by atoms with Crippen LogP contribution in [-0.4, -0.2) is 11.7 Å². The number of nitrogens with two attached hydrogens (primary N) is 1. The third-order valence-corrected chi connectivity index (χ3v) is 2.25. The Balaban J connectivity index is 3.19. The van der Waals surface area contributed by atoms with E-state index >= 15 is 0 Å². The average molecular weight is 273 g/mol. The van der Waals surface area contributed by atoms with Gasteiger partial charge >= 0.3 is 0 Å². The summed E-state index contributed by atoms with van der Waals surface area (Å²) in [7, 11) is 0. The van der Waals surface area contributed by atoms with Crippen LogP contribution in [0.25, 0.3) is 0 Å². The third-order valence-electron chi connectivity index (χ3n) is 1.48. The number of nitriles is 1. The highest BCUT2D eigenvalue weighted by atomic mass is 79.9. The van der Waals surface area contributed by atoms with E-state index in [9.17, 15) is 0 Å². The third kappa shape index (κ3) is 2.72. The highest BCUT2D eigenvalue weighted by Gasteiger charge is 2.01. The van der Waals surface area contributed by atoms with E-state index in [1.165, 1.54) is 0 Å². The van der Waals surface area contributed by atoms with Crippen LogP contribution in [0.3, 0.4) is 0 Å². The Hall–Kier alpha value is -1.05. The van der Waals surface area contributed by atoms with Crippen molar-refractivity contribution >= 4 is 39.1 Å². The van der Waals surface area contributed by atoms with Crippen LogP contribution < -0.4 is 5.73 Å². The molecule has 0 spiro atoms. The Kier molecular flexibility index (Phi) is 3.93. The molecule has 0 aliphatic carbocycles. The molecule has 0 aliphatic heterocycles. The van der Waals surface area contributed by atoms with E-state index in [4.69, 9.17) is 22.6 Å². The zero-order chi connectivity index (χ0) is 10.6. The van der Waals surface area contributed by atoms with Crippen molar-refractivity contribution in [2.45, 2.75) is 0 Å². The molecule has 3 nitrogen and oxygen atoms in total. The second kappa shape index (κ2) is 4.99. The predicted octanol–water partition coefficient (Wildman–Crippen LogP) is 2.55. The van der Waals surface area contributed by atoms with Crippen molar-refractivity contribution < 1.29 is 0 Å². The number of amidine groups is 1. The lowest BCUT2D eigenvalue weighted by atomic mass is 10.2. The van der Waals surface area contributed by atoms with Gasteiger partial charge in [-0.05, 0) is 18.2 Å². The van der Waals surface area contributed by atoms with Gasteiger partial charge in [-0.25, -0.2) is 4.99 Å². The van der Waals surface area contributed by atoms with E-state index in [0.29, 0.717) is 17.1 Å². The smallest absolute Gasteiger partial charge is 0.115 e. The van der Waals surface area contributed by atoms with Crippen molar-refractivity contribution in [1.29, 1.82) is 5.26 Å². The molecule has 72 valence electrons. The summed E-state index contributed by atoms with van der Waals surface area (Å²) in [4.78, 5) is 4.02. The lowest BCUT2D eigenvalue weighted by Crippen LogP contribution is -2.12. The fraction of sp³-hybridized carbons (Fsp3) is 0.111. The summed E-state index contributed by atoms with van der Waals surface area (Å²) in [5, 5.41) is 8.79. The molecular weight excluding hydrogens is 265 g/mol. The predicted molar refractivity (Wildman–Crippen MR) is 60.9 cm³/mol. The van der Waals surface area contributed by atoms with Crippen LogP contribution in [0.15, 0.2) is 27.7 Å². The van der Waals surface area contributed by atoms with Gasteiger partial charge in [0.2, 0.25) is 0 Å². The molecule has 1 aromatic carbocycles. The van der Waals surface area contributed by atoms with Crippen molar-refractivity contribution in [3.8, 4) is 6.07 Å². The van der Waals surface area contributed by atoms with Gasteiger partial charge in [0.05, 0.1) is 17.1 Å². The number of nitrogens with zero attached hydrogens (tertiary/aromatic N) is 2. The van der Waals surface area contributed by atoms with Gasteiger partial charge in [0.15, 0.2) is 0 Å². The molecule has 0 heterocycles. The van der Waals surface area contributed by atoms with Crippen LogP contribution in [0.1, 0.15) is 5.56 Å². The number of alkyl halides is 1. The van der Waals surface area contributed by atoms with Gasteiger partial charge in [-0.2, -0.15) is 5.26 Å². The fourth-order valence-electron chi connectivity index (χ4n) is 0.876. The van der Waals surface area contributed by atoms with Gasteiger partial charge in [-0.3, -0.25) is 0 Å². The first-order valence-electron chi connectivity index (χ1n) is 3.76. The van der Waals surface area contributed by atoms with E-state index in [0.717, 1.165) is 4.47 Å². The quantitative estimate of drug-likeness (QED) is 0.511. The van der Waals surface area contributed by atoms with Gasteiger partial charge < -0.3 is 5.73 Å². The maximum Gasteiger partial charge on any atom is 0.115 e. The summed E-state index contributed by atoms with van der Waals surface area (Å²) in [6.45, 7) is 0. The number of benzene rings is 1. The number of hydrogen-bond acceptors (Lipinski definition) is 2. The number of rotatable bonds is 2. The molecule has 0 saturated heterocycles. The molecule has 5 heteroatoms. The van der Waals surface area contributed by atoms with E-state index in [1.54, 1.807) is 18.2 Å². The number of halogens is 2. The minimum atomic E-state index is 0.150. The Morgan fingerprint density at radius 2 is 2.36 bits per heavy atom. The summed E-state index contributed by atoms with van der Waals surface area (Å²) < 4.78 is 0.845. The molecule has 0 bridgehead atoms. The second-order valence-corrected chi connectivity index (χ2v) is 3.69. The summed E-state index contributed by atoms with van der Waals surface area (Å²) in [5.74, 6) is 0.443. The molecule has 0 aliphatic rings. The summed E-state index contributed by atoms with van der Waals surface area (Å²) in [6.07, 6.45) is 0. The van der Waals surface area contributed by atoms with E-state index < -0.39 is 0 Å². The molecule has 1 rings (SSSR count). The molecule has 0 fully saturated rings. The Morgan fingerprint density at radius 3 is 2.93 bits per heavy atom. The zero-order valence-corrected chi connectivity index (χ0v) is 9.51. The Bertz CT molecular complexity index is 409. The lowest BCUT2D eigenvalue weighted by molar-refractivity contribution is 1.40. The second-order valence-electron chi connectivity index (χ2n) is 2.51. The normalized spacial score (nSPS) is 11.1. The van der Waals surface area contributed by atoms with Gasteiger partial charge in [-0.1, -0.05) is 15.9 Å². The first-order chi connectivity index (χ1) is 6.67. The maximum atomic E-state index is 8.79. The largest absolute Gasteiger partial charge is 0.386 e. The first-order valence-corrected chi connectivity index (χ1v) is 5.08. The zero-order valence-electron chi connectivity index (χ0n) is 7.17. The van der Waals surface area contributed by atoms with Crippen molar-refractivity contribution in [3.63, 3.8) is 0 Å². The van der Waals surface area contributed by atoms with E-state index in [1.807, 2.05) is 6.07 Å². The minimum Gasteiger partial charge on any atom is -0.386 e. The van der Waals surface area contributed by atoms with Gasteiger partial charge in [0.25, 0.3) is 0 Å². The van der Waals surface area contributed by atoms with Crippen LogP contribution in [0, 0.1) is 11.3 Å². The highest BCUT2D eigenvalue weighted by Crippen LogP contribution is 2.23. The van der Waals surface area contributed by atoms with E-state index in [-0.39, 0.29) is 5.88 Å². The Labute approximate surface area is 95.3 Å². The van der Waals surface area contributed by atoms with Crippen molar-refractivity contribution in [2.24, 2.45) is 10.7 Å².